The number of hydrogen-bond acceptors (Lipinski definition) is 3. The summed E-state index contributed by atoms with van der Waals surface area (Å²) in [7, 11) is 0. The molecule has 2 aromatic rings. The predicted octanol–water partition coefficient (Wildman–Crippen LogP) is 5.34. The number of carbonyl (C=O) groups is 1. The number of allylic oxidation sites excluding steroid dienone is 1. The molecule has 0 amide bonds. The zero-order valence-corrected chi connectivity index (χ0v) is 15.9. The summed E-state index contributed by atoms with van der Waals surface area (Å²) in [5.74, 6) is 0.0267. The van der Waals surface area contributed by atoms with Crippen molar-refractivity contribution in [2.24, 2.45) is 0 Å². The van der Waals surface area contributed by atoms with Gasteiger partial charge in [0.1, 0.15) is 0 Å². The van der Waals surface area contributed by atoms with Gasteiger partial charge >= 0.3 is 0 Å². The van der Waals surface area contributed by atoms with Crippen molar-refractivity contribution < 1.29 is 4.79 Å². The number of thiophene rings is 1. The summed E-state index contributed by atoms with van der Waals surface area (Å²) in [4.78, 5) is 14.3. The van der Waals surface area contributed by atoms with E-state index < -0.39 is 0 Å². The molecule has 2 rings (SSSR count). The van der Waals surface area contributed by atoms with Gasteiger partial charge in [0.05, 0.1) is 21.2 Å². The Hall–Kier alpha value is -0.720. The van der Waals surface area contributed by atoms with Crippen molar-refractivity contribution in [1.82, 2.24) is 9.78 Å². The first kappa shape index (κ1) is 16.6. The van der Waals surface area contributed by atoms with Crippen LogP contribution in [0.15, 0.2) is 27.3 Å². The standard InChI is InChI=1S/C15H16Br2N2OS/c1-3-5-14-10(16)8-15(21-14)13(20)7-6-12-11(17)9-18-19(12)4-2/h6-9H,3-5H2,1-2H3/b7-6+. The predicted molar refractivity (Wildman–Crippen MR) is 95.0 cm³/mol. The van der Waals surface area contributed by atoms with Crippen LogP contribution >= 0.6 is 43.2 Å². The van der Waals surface area contributed by atoms with E-state index in [2.05, 4.69) is 43.9 Å². The molecule has 6 heteroatoms. The van der Waals surface area contributed by atoms with E-state index in [9.17, 15) is 4.79 Å². The topological polar surface area (TPSA) is 34.9 Å². The van der Waals surface area contributed by atoms with Crippen LogP contribution in [0.4, 0.5) is 0 Å². The van der Waals surface area contributed by atoms with E-state index in [-0.39, 0.29) is 5.78 Å². The number of aryl methyl sites for hydroxylation is 2. The Morgan fingerprint density at radius 2 is 2.14 bits per heavy atom. The quantitative estimate of drug-likeness (QED) is 0.457. The number of halogens is 2. The van der Waals surface area contributed by atoms with Gasteiger partial charge in [0.2, 0.25) is 0 Å². The van der Waals surface area contributed by atoms with Crippen LogP contribution in [0, 0.1) is 0 Å². The first-order valence-electron chi connectivity index (χ1n) is 6.78. The Morgan fingerprint density at radius 3 is 2.81 bits per heavy atom. The van der Waals surface area contributed by atoms with Gasteiger partial charge in [-0.3, -0.25) is 9.48 Å². The van der Waals surface area contributed by atoms with Gasteiger partial charge in [-0.15, -0.1) is 11.3 Å². The average molecular weight is 432 g/mol. The minimum absolute atomic E-state index is 0.0267. The van der Waals surface area contributed by atoms with E-state index in [1.54, 1.807) is 23.6 Å². The fourth-order valence-electron chi connectivity index (χ4n) is 1.95. The maximum Gasteiger partial charge on any atom is 0.195 e. The number of nitrogens with zero attached hydrogens (tertiary/aromatic N) is 2. The lowest BCUT2D eigenvalue weighted by Gasteiger charge is -1.99. The van der Waals surface area contributed by atoms with Crippen molar-refractivity contribution in [3.8, 4) is 0 Å². The van der Waals surface area contributed by atoms with Crippen LogP contribution in [0.25, 0.3) is 6.08 Å². The van der Waals surface area contributed by atoms with Gasteiger partial charge in [-0.2, -0.15) is 5.10 Å². The Morgan fingerprint density at radius 1 is 1.38 bits per heavy atom. The lowest BCUT2D eigenvalue weighted by Crippen LogP contribution is -1.99. The lowest BCUT2D eigenvalue weighted by molar-refractivity contribution is 0.105. The van der Waals surface area contributed by atoms with Crippen LogP contribution in [-0.4, -0.2) is 15.6 Å². The highest BCUT2D eigenvalue weighted by Crippen LogP contribution is 2.29. The number of ketones is 1. The Labute approximate surface area is 145 Å². The Balaban J connectivity index is 2.19. The number of aromatic nitrogens is 2. The maximum atomic E-state index is 12.3. The van der Waals surface area contributed by atoms with Crippen LogP contribution < -0.4 is 0 Å². The third-order valence-corrected chi connectivity index (χ3v) is 5.79. The van der Waals surface area contributed by atoms with Crippen molar-refractivity contribution in [3.05, 3.63) is 42.7 Å². The van der Waals surface area contributed by atoms with Crippen LogP contribution in [0.5, 0.6) is 0 Å². The molecule has 0 spiro atoms. The van der Waals surface area contributed by atoms with Crippen LogP contribution in [0.1, 0.15) is 40.5 Å². The largest absolute Gasteiger partial charge is 0.288 e. The molecular weight excluding hydrogens is 416 g/mol. The molecule has 0 fully saturated rings. The molecule has 0 aliphatic rings. The third-order valence-electron chi connectivity index (χ3n) is 3.00. The summed E-state index contributed by atoms with van der Waals surface area (Å²) < 4.78 is 3.78. The first-order valence-corrected chi connectivity index (χ1v) is 9.19. The molecule has 0 aliphatic carbocycles. The molecule has 0 unspecified atom stereocenters. The minimum Gasteiger partial charge on any atom is -0.288 e. The number of hydrogen-bond donors (Lipinski definition) is 0. The average Bonchev–Trinajstić information content (AvgIpc) is 3.00. The van der Waals surface area contributed by atoms with Gasteiger partial charge in [-0.25, -0.2) is 0 Å². The van der Waals surface area contributed by atoms with E-state index >= 15 is 0 Å². The van der Waals surface area contributed by atoms with Crippen LogP contribution in [-0.2, 0) is 13.0 Å². The molecule has 3 nitrogen and oxygen atoms in total. The van der Waals surface area contributed by atoms with Gasteiger partial charge in [-0.1, -0.05) is 13.3 Å². The summed E-state index contributed by atoms with van der Waals surface area (Å²) >= 11 is 8.53. The van der Waals surface area contributed by atoms with Gasteiger partial charge < -0.3 is 0 Å². The van der Waals surface area contributed by atoms with E-state index in [0.29, 0.717) is 0 Å². The first-order chi connectivity index (χ1) is 10.1. The summed E-state index contributed by atoms with van der Waals surface area (Å²) in [5, 5.41) is 4.23. The third kappa shape index (κ3) is 3.93. The lowest BCUT2D eigenvalue weighted by atomic mass is 10.2. The maximum absolute atomic E-state index is 12.3. The fraction of sp³-hybridized carbons (Fsp3) is 0.333. The van der Waals surface area contributed by atoms with Crippen molar-refractivity contribution in [2.45, 2.75) is 33.2 Å². The van der Waals surface area contributed by atoms with Gasteiger partial charge in [0.15, 0.2) is 5.78 Å². The monoisotopic (exact) mass is 430 g/mol. The molecule has 0 N–H and O–H groups in total. The van der Waals surface area contributed by atoms with Crippen LogP contribution in [0.3, 0.4) is 0 Å². The smallest absolute Gasteiger partial charge is 0.195 e. The molecule has 21 heavy (non-hydrogen) atoms. The van der Waals surface area contributed by atoms with E-state index in [1.807, 2.05) is 23.7 Å². The molecule has 0 atom stereocenters. The van der Waals surface area contributed by atoms with Crippen molar-refractivity contribution >= 4 is 55.1 Å². The van der Waals surface area contributed by atoms with Crippen LogP contribution in [0.2, 0.25) is 0 Å². The molecule has 2 heterocycles. The highest BCUT2D eigenvalue weighted by Gasteiger charge is 2.11. The van der Waals surface area contributed by atoms with Crippen molar-refractivity contribution in [3.63, 3.8) is 0 Å². The Kier molecular flexibility index (Phi) is 5.96. The molecule has 112 valence electrons. The molecule has 0 bridgehead atoms. The zero-order valence-electron chi connectivity index (χ0n) is 11.9. The van der Waals surface area contributed by atoms with Crippen molar-refractivity contribution in [1.29, 1.82) is 0 Å². The summed E-state index contributed by atoms with van der Waals surface area (Å²) in [6.45, 7) is 4.92. The second kappa shape index (κ2) is 7.51. The van der Waals surface area contributed by atoms with E-state index in [4.69, 9.17) is 0 Å². The highest BCUT2D eigenvalue weighted by molar-refractivity contribution is 9.10. The molecule has 0 saturated carbocycles. The molecule has 2 aromatic heterocycles. The zero-order chi connectivity index (χ0) is 15.4. The second-order valence-corrected chi connectivity index (χ2v) is 7.37. The molecule has 0 aliphatic heterocycles. The second-order valence-electron chi connectivity index (χ2n) is 4.52. The minimum atomic E-state index is 0.0267. The fourth-order valence-corrected chi connectivity index (χ4v) is 4.28. The normalized spacial score (nSPS) is 11.4. The molecule has 0 radical (unpaired) electrons. The van der Waals surface area contributed by atoms with Gasteiger partial charge in [0.25, 0.3) is 0 Å². The summed E-state index contributed by atoms with van der Waals surface area (Å²) in [6, 6.07) is 1.91. The summed E-state index contributed by atoms with van der Waals surface area (Å²) in [6.07, 6.45) is 7.24. The molecule has 0 aromatic carbocycles. The molecule has 0 saturated heterocycles. The van der Waals surface area contributed by atoms with E-state index in [0.717, 1.165) is 38.9 Å². The number of rotatable bonds is 6. The highest BCUT2D eigenvalue weighted by atomic mass is 79.9. The van der Waals surface area contributed by atoms with Gasteiger partial charge in [-0.05, 0) is 63.4 Å². The SMILES string of the molecule is CCCc1sc(C(=O)/C=C/c2c(Br)cnn2CC)cc1Br. The Bertz CT molecular complexity index is 673. The van der Waals surface area contributed by atoms with Crippen molar-refractivity contribution in [2.75, 3.05) is 0 Å². The van der Waals surface area contributed by atoms with Gasteiger partial charge in [0, 0.05) is 15.9 Å². The number of carbonyl (C=O) groups excluding carboxylic acids is 1. The summed E-state index contributed by atoms with van der Waals surface area (Å²) in [5.41, 5.74) is 0.912. The molecular formula is C15H16Br2N2OS. The van der Waals surface area contributed by atoms with E-state index in [1.165, 1.54) is 4.88 Å².